The molecule has 1 fully saturated rings. The van der Waals surface area contributed by atoms with Gasteiger partial charge in [0.15, 0.2) is 0 Å². The van der Waals surface area contributed by atoms with Crippen molar-refractivity contribution in [1.29, 1.82) is 0 Å². The minimum atomic E-state index is -0.0614. The molecule has 4 aromatic rings. The molecule has 0 saturated carbocycles. The average Bonchev–Trinajstić information content (AvgIpc) is 3.56. The molecule has 1 aliphatic rings. The summed E-state index contributed by atoms with van der Waals surface area (Å²) in [6.07, 6.45) is 7.26. The first kappa shape index (κ1) is 22.0. The Kier molecular flexibility index (Phi) is 6.49. The number of aromatic nitrogens is 4. The first-order valence-electron chi connectivity index (χ1n) is 11.6. The van der Waals surface area contributed by atoms with E-state index in [9.17, 15) is 4.79 Å². The van der Waals surface area contributed by atoms with Gasteiger partial charge in [-0.05, 0) is 37.9 Å². The number of aryl methyl sites for hydroxylation is 1. The zero-order valence-corrected chi connectivity index (χ0v) is 19.2. The Morgan fingerprint density at radius 3 is 2.85 bits per heavy atom. The third-order valence-corrected chi connectivity index (χ3v) is 6.24. The van der Waals surface area contributed by atoms with Crippen molar-refractivity contribution < 1.29 is 9.32 Å². The van der Waals surface area contributed by atoms with Crippen LogP contribution in [0.5, 0.6) is 0 Å². The number of rotatable bonds is 7. The van der Waals surface area contributed by atoms with Crippen molar-refractivity contribution in [2.45, 2.75) is 32.9 Å². The molecule has 2 aromatic carbocycles. The van der Waals surface area contributed by atoms with E-state index in [1.165, 1.54) is 5.56 Å². The molecule has 1 aliphatic heterocycles. The fourth-order valence-corrected chi connectivity index (χ4v) is 4.38. The van der Waals surface area contributed by atoms with Crippen molar-refractivity contribution in [3.63, 3.8) is 0 Å². The number of piperidine rings is 1. The van der Waals surface area contributed by atoms with Gasteiger partial charge in [-0.2, -0.15) is 4.98 Å². The highest BCUT2D eigenvalue weighted by Gasteiger charge is 2.27. The Morgan fingerprint density at radius 2 is 2.03 bits per heavy atom. The molecule has 8 nitrogen and oxygen atoms in total. The van der Waals surface area contributed by atoms with Crippen molar-refractivity contribution in [2.24, 2.45) is 5.92 Å². The van der Waals surface area contributed by atoms with Crippen LogP contribution < -0.4 is 5.32 Å². The third-order valence-electron chi connectivity index (χ3n) is 6.24. The van der Waals surface area contributed by atoms with Crippen LogP contribution in [-0.2, 0) is 17.9 Å². The summed E-state index contributed by atoms with van der Waals surface area (Å²) >= 11 is 0. The Balaban J connectivity index is 1.18. The lowest BCUT2D eigenvalue weighted by molar-refractivity contribution is -0.127. The molecule has 1 saturated heterocycles. The van der Waals surface area contributed by atoms with E-state index in [2.05, 4.69) is 25.3 Å². The van der Waals surface area contributed by atoms with Crippen LogP contribution in [0.4, 0.5) is 0 Å². The molecule has 0 radical (unpaired) electrons. The molecule has 3 heterocycles. The summed E-state index contributed by atoms with van der Waals surface area (Å²) in [5, 5.41) is 7.26. The van der Waals surface area contributed by atoms with Gasteiger partial charge in [0, 0.05) is 31.0 Å². The molecule has 174 valence electrons. The second-order valence-electron chi connectivity index (χ2n) is 8.77. The van der Waals surface area contributed by atoms with Crippen molar-refractivity contribution >= 4 is 5.91 Å². The lowest BCUT2D eigenvalue weighted by atomic mass is 9.97. The van der Waals surface area contributed by atoms with Crippen LogP contribution in [0.25, 0.3) is 17.1 Å². The number of hydrogen-bond acceptors (Lipinski definition) is 6. The SMILES string of the molecule is Cc1ccc(-c2noc(CN3CCCC(C(=O)NCc4ccccc4-n4ccnc4)C3)n2)cc1. The van der Waals surface area contributed by atoms with Crippen LogP contribution in [0, 0.1) is 12.8 Å². The Hall–Kier alpha value is -3.78. The van der Waals surface area contributed by atoms with Gasteiger partial charge < -0.3 is 14.4 Å². The minimum absolute atomic E-state index is 0.0614. The molecule has 0 aliphatic carbocycles. The first-order chi connectivity index (χ1) is 16.7. The number of amides is 1. The van der Waals surface area contributed by atoms with Gasteiger partial charge in [-0.15, -0.1) is 0 Å². The molecular formula is C26H28N6O2. The van der Waals surface area contributed by atoms with E-state index in [1.807, 2.05) is 66.2 Å². The van der Waals surface area contributed by atoms with Gasteiger partial charge in [0.1, 0.15) is 0 Å². The van der Waals surface area contributed by atoms with Gasteiger partial charge in [0.25, 0.3) is 0 Å². The number of carbonyl (C=O) groups is 1. The topological polar surface area (TPSA) is 89.1 Å². The smallest absolute Gasteiger partial charge is 0.241 e. The van der Waals surface area contributed by atoms with Gasteiger partial charge in [-0.1, -0.05) is 53.2 Å². The Morgan fingerprint density at radius 1 is 1.18 bits per heavy atom. The molecule has 34 heavy (non-hydrogen) atoms. The van der Waals surface area contributed by atoms with Crippen molar-refractivity contribution in [3.05, 3.63) is 84.3 Å². The highest BCUT2D eigenvalue weighted by molar-refractivity contribution is 5.79. The predicted octanol–water partition coefficient (Wildman–Crippen LogP) is 3.76. The van der Waals surface area contributed by atoms with Gasteiger partial charge in [0.05, 0.1) is 24.5 Å². The van der Waals surface area contributed by atoms with Gasteiger partial charge in [-0.25, -0.2) is 4.98 Å². The summed E-state index contributed by atoms with van der Waals surface area (Å²) < 4.78 is 7.45. The average molecular weight is 457 g/mol. The molecule has 1 unspecified atom stereocenters. The van der Waals surface area contributed by atoms with Crippen molar-refractivity contribution in [1.82, 2.24) is 29.9 Å². The number of para-hydroxylation sites is 1. The molecule has 1 amide bonds. The Labute approximate surface area is 198 Å². The van der Waals surface area contributed by atoms with Crippen LogP contribution in [0.3, 0.4) is 0 Å². The minimum Gasteiger partial charge on any atom is -0.352 e. The Bertz CT molecular complexity index is 1230. The molecule has 2 aromatic heterocycles. The molecular weight excluding hydrogens is 428 g/mol. The fraction of sp³-hybridized carbons (Fsp3) is 0.308. The summed E-state index contributed by atoms with van der Waals surface area (Å²) in [5.74, 6) is 1.19. The molecule has 1 N–H and O–H groups in total. The van der Waals surface area contributed by atoms with Crippen LogP contribution in [0.15, 0.2) is 71.8 Å². The monoisotopic (exact) mass is 456 g/mol. The number of hydrogen-bond donors (Lipinski definition) is 1. The molecule has 8 heteroatoms. The number of nitrogens with zero attached hydrogens (tertiary/aromatic N) is 5. The van der Waals surface area contributed by atoms with E-state index in [1.54, 1.807) is 12.5 Å². The summed E-state index contributed by atoms with van der Waals surface area (Å²) in [4.78, 5) is 23.9. The summed E-state index contributed by atoms with van der Waals surface area (Å²) in [6.45, 7) is 4.67. The van der Waals surface area contributed by atoms with Gasteiger partial charge in [0.2, 0.25) is 17.6 Å². The maximum atomic E-state index is 13.0. The van der Waals surface area contributed by atoms with Crippen LogP contribution in [-0.4, -0.2) is 43.6 Å². The van der Waals surface area contributed by atoms with Crippen molar-refractivity contribution in [2.75, 3.05) is 13.1 Å². The zero-order chi connectivity index (χ0) is 23.3. The largest absolute Gasteiger partial charge is 0.352 e. The second-order valence-corrected chi connectivity index (χ2v) is 8.77. The van der Waals surface area contributed by atoms with E-state index >= 15 is 0 Å². The number of carbonyl (C=O) groups excluding carboxylic acids is 1. The number of likely N-dealkylation sites (tertiary alicyclic amines) is 1. The van der Waals surface area contributed by atoms with Gasteiger partial charge in [-0.3, -0.25) is 9.69 Å². The van der Waals surface area contributed by atoms with E-state index in [-0.39, 0.29) is 11.8 Å². The van der Waals surface area contributed by atoms with E-state index < -0.39 is 0 Å². The number of nitrogens with one attached hydrogen (secondary N) is 1. The standard InChI is InChI=1S/C26H28N6O2/c1-19-8-10-20(11-9-19)25-29-24(34-30-25)17-31-13-4-6-22(16-31)26(33)28-15-21-5-2-3-7-23(21)32-14-12-27-18-32/h2-3,5,7-12,14,18,22H,4,6,13,15-17H2,1H3,(H,28,33). The second kappa shape index (κ2) is 10.0. The predicted molar refractivity (Wildman–Crippen MR) is 128 cm³/mol. The quantitative estimate of drug-likeness (QED) is 0.456. The third kappa shape index (κ3) is 5.07. The summed E-state index contributed by atoms with van der Waals surface area (Å²) in [7, 11) is 0. The molecule has 0 bridgehead atoms. The normalized spacial score (nSPS) is 16.4. The maximum absolute atomic E-state index is 13.0. The summed E-state index contributed by atoms with van der Waals surface area (Å²) in [5.41, 5.74) is 4.20. The van der Waals surface area contributed by atoms with E-state index in [4.69, 9.17) is 4.52 Å². The van der Waals surface area contributed by atoms with Crippen LogP contribution in [0.1, 0.15) is 29.9 Å². The lowest BCUT2D eigenvalue weighted by Crippen LogP contribution is -2.42. The molecule has 1 atom stereocenters. The highest BCUT2D eigenvalue weighted by Crippen LogP contribution is 2.21. The van der Waals surface area contributed by atoms with Gasteiger partial charge >= 0.3 is 0 Å². The van der Waals surface area contributed by atoms with E-state index in [0.717, 1.165) is 36.2 Å². The van der Waals surface area contributed by atoms with E-state index in [0.29, 0.717) is 31.3 Å². The molecule has 5 rings (SSSR count). The summed E-state index contributed by atoms with van der Waals surface area (Å²) in [6, 6.07) is 16.1. The first-order valence-corrected chi connectivity index (χ1v) is 11.6. The lowest BCUT2D eigenvalue weighted by Gasteiger charge is -2.30. The number of imidazole rings is 1. The van der Waals surface area contributed by atoms with Crippen LogP contribution >= 0.6 is 0 Å². The zero-order valence-electron chi connectivity index (χ0n) is 19.2. The number of benzene rings is 2. The van der Waals surface area contributed by atoms with Crippen LogP contribution in [0.2, 0.25) is 0 Å². The highest BCUT2D eigenvalue weighted by atomic mass is 16.5. The fourth-order valence-electron chi connectivity index (χ4n) is 4.38. The van der Waals surface area contributed by atoms with Crippen molar-refractivity contribution in [3.8, 4) is 17.1 Å². The maximum Gasteiger partial charge on any atom is 0.241 e. The molecule has 0 spiro atoms.